The van der Waals surface area contributed by atoms with Gasteiger partial charge in [-0.3, -0.25) is 34.7 Å². The summed E-state index contributed by atoms with van der Waals surface area (Å²) in [6.45, 7) is 0.0252. The van der Waals surface area contributed by atoms with Crippen molar-refractivity contribution in [2.45, 2.75) is 24.5 Å². The molecule has 194 valence electrons. The highest BCUT2D eigenvalue weighted by Crippen LogP contribution is 2.51. The van der Waals surface area contributed by atoms with Crippen molar-refractivity contribution in [3.63, 3.8) is 0 Å². The van der Waals surface area contributed by atoms with E-state index in [1.54, 1.807) is 48.5 Å². The van der Waals surface area contributed by atoms with E-state index in [4.69, 9.17) is 4.74 Å². The maximum Gasteiger partial charge on any atom is 0.325 e. The lowest BCUT2D eigenvalue weighted by molar-refractivity contribution is -0.384. The number of nitro groups is 1. The van der Waals surface area contributed by atoms with Crippen molar-refractivity contribution < 1.29 is 29.2 Å². The predicted molar refractivity (Wildman–Crippen MR) is 135 cm³/mol. The highest BCUT2D eigenvalue weighted by Gasteiger charge is 2.68. The summed E-state index contributed by atoms with van der Waals surface area (Å²) in [6, 6.07) is 20.7. The van der Waals surface area contributed by atoms with Crippen LogP contribution in [-0.2, 0) is 27.3 Å². The van der Waals surface area contributed by atoms with Crippen LogP contribution < -0.4 is 10.1 Å². The summed E-state index contributed by atoms with van der Waals surface area (Å²) < 4.78 is 5.51. The molecule has 0 spiro atoms. The fraction of sp³-hybridized carbons (Fsp3) is 0.250. The lowest BCUT2D eigenvalue weighted by Gasteiger charge is -2.31. The summed E-state index contributed by atoms with van der Waals surface area (Å²) in [7, 11) is 1.48. The molecule has 0 saturated carbocycles. The summed E-state index contributed by atoms with van der Waals surface area (Å²) >= 11 is 0. The summed E-state index contributed by atoms with van der Waals surface area (Å²) in [5.41, 5.74) is -0.188. The van der Waals surface area contributed by atoms with Crippen LogP contribution >= 0.6 is 0 Å². The van der Waals surface area contributed by atoms with Gasteiger partial charge in [-0.15, -0.1) is 0 Å². The zero-order valence-corrected chi connectivity index (χ0v) is 20.4. The molecule has 4 atom stereocenters. The third-order valence-electron chi connectivity index (χ3n) is 7.41. The summed E-state index contributed by atoms with van der Waals surface area (Å²) in [5.74, 6) is -4.05. The molecule has 2 fully saturated rings. The van der Waals surface area contributed by atoms with Gasteiger partial charge in [-0.2, -0.15) is 0 Å². The Morgan fingerprint density at radius 1 is 1.00 bits per heavy atom. The van der Waals surface area contributed by atoms with E-state index in [2.05, 4.69) is 5.32 Å². The van der Waals surface area contributed by atoms with Gasteiger partial charge in [0.15, 0.2) is 0 Å². The normalized spacial score (nSPS) is 24.3. The molecule has 2 heterocycles. The zero-order chi connectivity index (χ0) is 27.0. The Morgan fingerprint density at radius 2 is 1.66 bits per heavy atom. The van der Waals surface area contributed by atoms with Crippen molar-refractivity contribution >= 4 is 23.5 Å². The van der Waals surface area contributed by atoms with Gasteiger partial charge in [0.05, 0.1) is 30.4 Å². The number of likely N-dealkylation sites (tertiary alicyclic amines) is 1. The standard InChI is InChI=1S/C28H25N3O7/c1-38-21-10-6-5-9-20(21)24-22-23(26(33)30(25(22)32)16-18-7-3-2-4-8-18)28(29-24,27(34)35)15-17-11-13-19(14-12-17)31(36)37/h2-14,22-24,29H,15-16H2,1H3,(H,34,35). The number of ether oxygens (including phenoxy) is 1. The van der Waals surface area contributed by atoms with E-state index in [-0.39, 0.29) is 18.7 Å². The lowest BCUT2D eigenvalue weighted by Crippen LogP contribution is -2.57. The number of carbonyl (C=O) groups excluding carboxylic acids is 2. The number of non-ortho nitro benzene ring substituents is 1. The van der Waals surface area contributed by atoms with E-state index in [9.17, 15) is 29.6 Å². The van der Waals surface area contributed by atoms with E-state index < -0.39 is 46.1 Å². The highest BCUT2D eigenvalue weighted by atomic mass is 16.6. The number of nitrogens with zero attached hydrogens (tertiary/aromatic N) is 2. The van der Waals surface area contributed by atoms with E-state index in [0.29, 0.717) is 16.9 Å². The van der Waals surface area contributed by atoms with Crippen LogP contribution in [-0.4, -0.2) is 45.4 Å². The summed E-state index contributed by atoms with van der Waals surface area (Å²) in [5, 5.41) is 24.9. The monoisotopic (exact) mass is 515 g/mol. The zero-order valence-electron chi connectivity index (χ0n) is 20.4. The number of amides is 2. The number of carbonyl (C=O) groups is 3. The minimum Gasteiger partial charge on any atom is -0.496 e. The van der Waals surface area contributed by atoms with Crippen LogP contribution in [0, 0.1) is 22.0 Å². The Hall–Kier alpha value is -4.57. The smallest absolute Gasteiger partial charge is 0.325 e. The van der Waals surface area contributed by atoms with Crippen molar-refractivity contribution in [3.05, 3.63) is 106 Å². The average Bonchev–Trinajstić information content (AvgIpc) is 3.39. The van der Waals surface area contributed by atoms with Gasteiger partial charge in [0.25, 0.3) is 5.69 Å². The van der Waals surface area contributed by atoms with E-state index >= 15 is 0 Å². The Bertz CT molecular complexity index is 1410. The largest absolute Gasteiger partial charge is 0.496 e. The molecule has 0 radical (unpaired) electrons. The number of para-hydroxylation sites is 1. The van der Waals surface area contributed by atoms with Gasteiger partial charge in [-0.1, -0.05) is 60.7 Å². The van der Waals surface area contributed by atoms with Gasteiger partial charge in [-0.25, -0.2) is 0 Å². The molecule has 10 nitrogen and oxygen atoms in total. The number of fused-ring (bicyclic) bond motifs is 1. The highest BCUT2D eigenvalue weighted by molar-refractivity contribution is 6.09. The number of hydrogen-bond acceptors (Lipinski definition) is 7. The maximum atomic E-state index is 13.9. The van der Waals surface area contributed by atoms with Gasteiger partial charge >= 0.3 is 5.97 Å². The molecule has 3 aromatic rings. The fourth-order valence-electron chi connectivity index (χ4n) is 5.67. The number of imide groups is 1. The topological polar surface area (TPSA) is 139 Å². The first-order valence-corrected chi connectivity index (χ1v) is 12.0. The first kappa shape index (κ1) is 25.1. The van der Waals surface area contributed by atoms with E-state index in [1.807, 2.05) is 6.07 Å². The molecule has 0 aromatic heterocycles. The van der Waals surface area contributed by atoms with Crippen molar-refractivity contribution in [1.29, 1.82) is 0 Å². The second-order valence-corrected chi connectivity index (χ2v) is 9.49. The lowest BCUT2D eigenvalue weighted by atomic mass is 9.76. The number of carboxylic acid groups (broad SMARTS) is 1. The molecule has 2 aliphatic heterocycles. The van der Waals surface area contributed by atoms with Gasteiger partial charge in [0.1, 0.15) is 11.3 Å². The third-order valence-corrected chi connectivity index (χ3v) is 7.41. The quantitative estimate of drug-likeness (QED) is 0.265. The Balaban J connectivity index is 1.61. The molecule has 2 N–H and O–H groups in total. The van der Waals surface area contributed by atoms with Crippen LogP contribution in [0.25, 0.3) is 0 Å². The maximum absolute atomic E-state index is 13.9. The molecule has 2 saturated heterocycles. The van der Waals surface area contributed by atoms with Gasteiger partial charge in [-0.05, 0) is 17.2 Å². The number of rotatable bonds is 8. The number of nitro benzene ring substituents is 1. The molecule has 38 heavy (non-hydrogen) atoms. The summed E-state index contributed by atoms with van der Waals surface area (Å²) in [4.78, 5) is 52.4. The van der Waals surface area contributed by atoms with Crippen molar-refractivity contribution in [3.8, 4) is 5.75 Å². The molecule has 4 unspecified atom stereocenters. The predicted octanol–water partition coefficient (Wildman–Crippen LogP) is 3.12. The number of nitrogens with one attached hydrogen (secondary N) is 1. The molecular formula is C28H25N3O7. The van der Waals surface area contributed by atoms with Gasteiger partial charge in [0, 0.05) is 30.2 Å². The minimum atomic E-state index is -1.84. The number of aliphatic carboxylic acids is 1. The van der Waals surface area contributed by atoms with E-state index in [0.717, 1.165) is 10.5 Å². The van der Waals surface area contributed by atoms with Crippen molar-refractivity contribution in [2.24, 2.45) is 11.8 Å². The molecule has 5 rings (SSSR count). The SMILES string of the molecule is COc1ccccc1C1NC(Cc2ccc([N+](=O)[O-])cc2)(C(=O)O)C2C(=O)N(Cc3ccccc3)C(=O)C12. The third kappa shape index (κ3) is 4.08. The van der Waals surface area contributed by atoms with E-state index in [1.165, 1.54) is 31.4 Å². The molecule has 3 aromatic carbocycles. The van der Waals surface area contributed by atoms with Gasteiger partial charge in [0.2, 0.25) is 11.8 Å². The van der Waals surface area contributed by atoms with Crippen LogP contribution in [0.2, 0.25) is 0 Å². The molecule has 2 amide bonds. The average molecular weight is 516 g/mol. The molecule has 0 aliphatic carbocycles. The van der Waals surface area contributed by atoms with Crippen LogP contribution in [0.5, 0.6) is 5.75 Å². The van der Waals surface area contributed by atoms with Gasteiger partial charge < -0.3 is 9.84 Å². The second-order valence-electron chi connectivity index (χ2n) is 9.49. The molecule has 0 bridgehead atoms. The number of benzene rings is 3. The van der Waals surface area contributed by atoms with Crippen LogP contribution in [0.1, 0.15) is 22.7 Å². The molecule has 10 heteroatoms. The fourth-order valence-corrected chi connectivity index (χ4v) is 5.67. The number of carboxylic acids is 1. The first-order valence-electron chi connectivity index (χ1n) is 12.0. The first-order chi connectivity index (χ1) is 18.3. The Labute approximate surface area is 218 Å². The van der Waals surface area contributed by atoms with Crippen LogP contribution in [0.4, 0.5) is 5.69 Å². The Morgan fingerprint density at radius 3 is 2.29 bits per heavy atom. The minimum absolute atomic E-state index is 0.0252. The van der Waals surface area contributed by atoms with Crippen LogP contribution in [0.3, 0.4) is 0 Å². The number of methoxy groups -OCH3 is 1. The molecule has 2 aliphatic rings. The molecular weight excluding hydrogens is 490 g/mol. The summed E-state index contributed by atoms with van der Waals surface area (Å²) in [6.07, 6.45) is -0.161. The van der Waals surface area contributed by atoms with Crippen LogP contribution in [0.15, 0.2) is 78.9 Å². The second kappa shape index (κ2) is 9.71. The van der Waals surface area contributed by atoms with Crippen molar-refractivity contribution in [2.75, 3.05) is 7.11 Å². The van der Waals surface area contributed by atoms with Crippen molar-refractivity contribution in [1.82, 2.24) is 10.2 Å². The number of hydrogen-bond donors (Lipinski definition) is 2. The Kier molecular flexibility index (Phi) is 6.41.